The van der Waals surface area contributed by atoms with Crippen LogP contribution in [0.25, 0.3) is 0 Å². The number of terminal acetylenes is 1. The number of nitrogens with one attached hydrogen (secondary N) is 1. The van der Waals surface area contributed by atoms with Gasteiger partial charge in [0, 0.05) is 342 Å². The molecule has 0 radical (unpaired) electrons. The first-order chi connectivity index (χ1) is 64.0. The number of amides is 1. The molecule has 2 N–H and O–H groups in total. The number of imidazole rings is 2. The number of carboxylic acids is 1. The van der Waals surface area contributed by atoms with E-state index in [0.29, 0.717) is 61.8 Å². The van der Waals surface area contributed by atoms with E-state index in [-0.39, 0.29) is 30.8 Å². The first-order valence-corrected chi connectivity index (χ1v) is 42.2. The van der Waals surface area contributed by atoms with Crippen LogP contribution in [0.3, 0.4) is 0 Å². The lowest BCUT2D eigenvalue weighted by atomic mass is 10.1. The van der Waals surface area contributed by atoms with Crippen molar-refractivity contribution in [2.24, 2.45) is 11.8 Å². The van der Waals surface area contributed by atoms with Gasteiger partial charge in [0.2, 0.25) is 5.91 Å². The number of hydrogen-bond acceptors (Lipinski definition) is 10. The first-order valence-electron chi connectivity index (χ1n) is 37.6. The number of carboxylic acid groups (broad SMARTS) is 1. The molecule has 624 valence electrons. The Balaban J connectivity index is 0.000000416. The van der Waals surface area contributed by atoms with Gasteiger partial charge in [0.05, 0.1) is 17.9 Å². The molecule has 2 fully saturated rings. The summed E-state index contributed by atoms with van der Waals surface area (Å²) in [5, 5.41) is 11.7. The fourth-order valence-corrected chi connectivity index (χ4v) is 9.95. The molecule has 0 spiro atoms. The second-order valence-corrected chi connectivity index (χ2v) is 29.0. The van der Waals surface area contributed by atoms with Gasteiger partial charge in [0.25, 0.3) is 12.9 Å². The Kier molecular flexibility index (Phi) is 53.1. The molecular formula is C111H63F4N10O4P3. The van der Waals surface area contributed by atoms with Crippen molar-refractivity contribution in [1.82, 2.24) is 49.3 Å². The molecular weight excluding hydrogens is 1710 g/mol. The molecule has 10 rings (SSSR count). The number of aromatic nitrogens is 8. The summed E-state index contributed by atoms with van der Waals surface area (Å²) in [7, 11) is 6.06. The summed E-state index contributed by atoms with van der Waals surface area (Å²) in [6.07, 6.45) is 15.6. The number of rotatable bonds is 8. The van der Waals surface area contributed by atoms with Gasteiger partial charge >= 0.3 is 12.0 Å². The number of pyridine rings is 4. The third-order valence-electron chi connectivity index (χ3n) is 15.7. The van der Waals surface area contributed by atoms with Crippen LogP contribution in [0.2, 0.25) is 0 Å². The van der Waals surface area contributed by atoms with E-state index in [1.54, 1.807) is 36.6 Å². The lowest BCUT2D eigenvalue weighted by Gasteiger charge is -2.15. The van der Waals surface area contributed by atoms with Gasteiger partial charge in [0.15, 0.2) is 0 Å². The smallest absolute Gasteiger partial charge is 0.338 e. The van der Waals surface area contributed by atoms with E-state index < -0.39 is 18.8 Å². The highest BCUT2D eigenvalue weighted by Crippen LogP contribution is 2.50. The molecule has 2 unspecified atom stereocenters. The van der Waals surface area contributed by atoms with Crippen molar-refractivity contribution in [3.8, 4) is 368 Å². The fraction of sp³-hybridized carbons (Fsp3) is 0.180. The largest absolute Gasteiger partial charge is 0.481 e. The van der Waals surface area contributed by atoms with Gasteiger partial charge in [-0.1, -0.05) is 33.4 Å². The van der Waals surface area contributed by atoms with Crippen LogP contribution < -0.4 is 5.32 Å². The molecule has 2 aliphatic carbocycles. The minimum atomic E-state index is -2.58. The highest BCUT2D eigenvalue weighted by Gasteiger charge is 2.42. The van der Waals surface area contributed by atoms with Crippen molar-refractivity contribution in [2.75, 3.05) is 0 Å². The number of carbonyl (C=O) groups excluding carboxylic acids is 2. The minimum absolute atomic E-state index is 0. The van der Waals surface area contributed by atoms with Crippen LogP contribution in [-0.2, 0) is 35.8 Å². The van der Waals surface area contributed by atoms with Crippen LogP contribution in [0.4, 0.5) is 22.4 Å². The summed E-state index contributed by atoms with van der Waals surface area (Å²) < 4.78 is 53.3. The topological polar surface area (TPSA) is 174 Å². The summed E-state index contributed by atoms with van der Waals surface area (Å²) >= 11 is 0. The summed E-state index contributed by atoms with van der Waals surface area (Å²) in [5.41, 5.74) is 9.12. The second-order valence-electron chi connectivity index (χ2n) is 24.7. The lowest BCUT2D eigenvalue weighted by Crippen LogP contribution is -2.25. The maximum Gasteiger partial charge on any atom is 0.338 e. The molecule has 2 aliphatic heterocycles. The average molecular weight is 1770 g/mol. The quantitative estimate of drug-likeness (QED) is 0.0843. The number of alkyl halides is 4. The molecule has 6 aromatic heterocycles. The van der Waals surface area contributed by atoms with Crippen LogP contribution >= 0.6 is 25.8 Å². The van der Waals surface area contributed by atoms with Gasteiger partial charge in [0.1, 0.15) is 24.0 Å². The van der Waals surface area contributed by atoms with Crippen molar-refractivity contribution < 1.29 is 37.1 Å². The zero-order valence-electron chi connectivity index (χ0n) is 70.1. The summed E-state index contributed by atoms with van der Waals surface area (Å²) in [5.74, 6) is 153. The molecule has 14 nitrogen and oxygen atoms in total. The van der Waals surface area contributed by atoms with Crippen molar-refractivity contribution in [1.29, 1.82) is 0 Å². The van der Waals surface area contributed by atoms with Crippen LogP contribution in [0, 0.1) is 407 Å². The molecule has 2 saturated carbocycles. The Labute approximate surface area is 776 Å². The van der Waals surface area contributed by atoms with E-state index in [1.165, 1.54) is 45.0 Å². The SMILES string of the molecule is C.C#CC#CC#CC#CC#CC#CC#CC#CC#CC#CC#CC#CC#CC#CC#CC#CC#CC#CC#CC#CC#CC#CC#CC#CC#CC#CC#CC#CC#CC#CC#CC.Cc1cc(C(F)F)nc2c1CNC2.Cc1ccc([C@H]2C[C@@H]2CC(=O)N2Cc3nc(C(F)F)cc(C)c3C2)cn1.Cc1ccc([C@H]2C[C@@H]2CC(=O)O)cn1.O=C(n1ccnc1)n1ccnc1.PPP. The van der Waals surface area contributed by atoms with E-state index in [2.05, 4.69) is 426 Å². The summed E-state index contributed by atoms with van der Waals surface area (Å²) in [4.78, 5) is 60.3. The Morgan fingerprint density at radius 1 is 0.439 bits per heavy atom. The van der Waals surface area contributed by atoms with E-state index in [9.17, 15) is 31.9 Å². The van der Waals surface area contributed by atoms with E-state index >= 15 is 0 Å². The molecule has 6 atom stereocenters. The van der Waals surface area contributed by atoms with Crippen molar-refractivity contribution >= 4 is 43.7 Å². The molecule has 6 aromatic rings. The van der Waals surface area contributed by atoms with Gasteiger partial charge in [-0.3, -0.25) is 33.7 Å². The fourth-order valence-electron chi connectivity index (χ4n) is 9.95. The number of halogens is 4. The number of nitrogens with zero attached hydrogens (tertiary/aromatic N) is 9. The van der Waals surface area contributed by atoms with Crippen molar-refractivity contribution in [2.45, 2.75) is 119 Å². The van der Waals surface area contributed by atoms with Gasteiger partial charge in [-0.2, -0.15) is 0 Å². The van der Waals surface area contributed by atoms with Crippen LogP contribution in [0.5, 0.6) is 0 Å². The predicted octanol–water partition coefficient (Wildman–Crippen LogP) is 11.2. The van der Waals surface area contributed by atoms with Gasteiger partial charge in [-0.15, -0.1) is 24.3 Å². The van der Waals surface area contributed by atoms with E-state index in [4.69, 9.17) is 11.5 Å². The average Bonchev–Trinajstić information content (AvgIpc) is 1.68. The highest BCUT2D eigenvalue weighted by molar-refractivity contribution is 8.33. The van der Waals surface area contributed by atoms with Gasteiger partial charge < -0.3 is 15.3 Å². The maximum absolute atomic E-state index is 12.9. The third-order valence-corrected chi connectivity index (χ3v) is 15.7. The lowest BCUT2D eigenvalue weighted by molar-refractivity contribution is -0.137. The Bertz CT molecular complexity index is 7540. The Morgan fingerprint density at radius 2 is 0.735 bits per heavy atom. The first kappa shape index (κ1) is 105. The molecule has 4 aliphatic rings. The van der Waals surface area contributed by atoms with Crippen LogP contribution in [0.1, 0.15) is 132 Å². The minimum Gasteiger partial charge on any atom is -0.481 e. The van der Waals surface area contributed by atoms with E-state index in [0.717, 1.165) is 66.7 Å². The molecule has 132 heavy (non-hydrogen) atoms. The van der Waals surface area contributed by atoms with Crippen molar-refractivity contribution in [3.63, 3.8) is 0 Å². The normalized spacial score (nSPS) is 11.2. The van der Waals surface area contributed by atoms with Crippen LogP contribution in [-0.4, -0.2) is 67.0 Å². The molecule has 0 bridgehead atoms. The predicted molar refractivity (Wildman–Crippen MR) is 512 cm³/mol. The standard InChI is InChI=1S/C63H4.C20H21F2N3O.C11H13NO2.C9H10F2N2.C7H6N4O.CH4.H5P3/c1-3-5-7-9-11-13-15-17-19-21-23-25-27-29-31-33-35-37-39-41-43-45-47-49-51-53-55-57-59-61-63-62-60-58-56-54-52-50-48-46-44-42-40-38-36-34-32-30-28-26-24-22-20-18-16-14-12-10-8-6-4-2;1-11-5-17(20(21)22)24-18-10-25(9-16(11)18)19(26)7-14-6-15(14)13-4-3-12(2)23-8-13;1-7-2-3-8(6-12-7)10-4-9(10)5-11(13)14;1-5-2-7(9(10)11)13-8-4-12-3-6(5)8;12-7(10-3-1-8-5-10)11-4-2-9-6-11;;1-3-2/h1H,2H3;3-5,8,14-15,20H,6-7,9-10H2,1-2H3;2-3,6,9-10H,4-5H2,1H3,(H,13,14);2,9,12H,3-4H2,1H3;1-6H;1H4;3H,1-2H2/t;14-,15-;9-,10-;;;;/m.11..../s1. The molecule has 0 aromatic carbocycles. The van der Waals surface area contributed by atoms with Gasteiger partial charge in [-0.05, 0) is 224 Å². The second kappa shape index (κ2) is 66.5. The number of hydrogen-bond donors (Lipinski definition) is 2. The highest BCUT2D eigenvalue weighted by atomic mass is 32.4. The van der Waals surface area contributed by atoms with Gasteiger partial charge in [-0.25, -0.2) is 37.3 Å². The monoisotopic (exact) mass is 1770 g/mol. The van der Waals surface area contributed by atoms with Crippen molar-refractivity contribution in [3.05, 3.63) is 154 Å². The maximum atomic E-state index is 12.9. The van der Waals surface area contributed by atoms with Crippen LogP contribution in [0.15, 0.2) is 86.2 Å². The Hall–Kier alpha value is -19.0. The molecule has 8 heterocycles. The molecule has 1 amide bonds. The third kappa shape index (κ3) is 47.0. The number of aliphatic carboxylic acids is 1. The number of fused-ring (bicyclic) bond motifs is 2. The zero-order chi connectivity index (χ0) is 94.2. The Morgan fingerprint density at radius 3 is 1.01 bits per heavy atom. The summed E-state index contributed by atoms with van der Waals surface area (Å²) in [6.45, 7) is 11.4. The number of carbonyl (C=O) groups is 3. The number of aryl methyl sites for hydroxylation is 4. The van der Waals surface area contributed by atoms with E-state index in [1.807, 2.05) is 52.2 Å². The molecule has 0 saturated heterocycles. The molecule has 21 heteroatoms. The summed E-state index contributed by atoms with van der Waals surface area (Å²) in [6, 6.07) is 10.8. The zero-order valence-corrected chi connectivity index (χ0v) is 73.5.